The van der Waals surface area contributed by atoms with Crippen molar-refractivity contribution in [3.63, 3.8) is 0 Å². The summed E-state index contributed by atoms with van der Waals surface area (Å²) < 4.78 is 4.26. The van der Waals surface area contributed by atoms with Crippen LogP contribution in [0.5, 0.6) is 0 Å². The van der Waals surface area contributed by atoms with E-state index < -0.39 is 0 Å². The first kappa shape index (κ1) is 9.26. The van der Waals surface area contributed by atoms with E-state index in [1.54, 1.807) is 0 Å². The molecule has 0 aromatic carbocycles. The van der Waals surface area contributed by atoms with Crippen LogP contribution in [0.3, 0.4) is 0 Å². The molecule has 1 aromatic rings. The Kier molecular flexibility index (Phi) is 3.80. The Labute approximate surface area is 73.8 Å². The highest BCUT2D eigenvalue weighted by atomic mass is 15.1. The first-order valence-electron chi connectivity index (χ1n) is 4.54. The van der Waals surface area contributed by atoms with Crippen molar-refractivity contribution < 1.29 is 4.57 Å². The van der Waals surface area contributed by atoms with Crippen LogP contribution >= 0.6 is 0 Å². The van der Waals surface area contributed by atoms with Gasteiger partial charge in [-0.25, -0.2) is 9.13 Å². The fourth-order valence-corrected chi connectivity index (χ4v) is 1.25. The predicted octanol–water partition coefficient (Wildman–Crippen LogP) is 0.442. The lowest BCUT2D eigenvalue weighted by Gasteiger charge is -1.95. The number of unbranched alkanes of at least 4 members (excludes halogenated alkanes) is 2. The van der Waals surface area contributed by atoms with Gasteiger partial charge in [-0.05, 0) is 25.8 Å². The molecule has 1 aromatic heterocycles. The maximum Gasteiger partial charge on any atom is 0.243 e. The Morgan fingerprint density at radius 1 is 1.33 bits per heavy atom. The van der Waals surface area contributed by atoms with Gasteiger partial charge in [0.1, 0.15) is 12.4 Å². The van der Waals surface area contributed by atoms with Crippen LogP contribution in [0, 0.1) is 0 Å². The summed E-state index contributed by atoms with van der Waals surface area (Å²) in [6.07, 6.45) is 9.87. The van der Waals surface area contributed by atoms with Gasteiger partial charge in [-0.1, -0.05) is 0 Å². The topological polar surface area (TPSA) is 34.8 Å². The zero-order chi connectivity index (χ0) is 8.81. The van der Waals surface area contributed by atoms with Crippen molar-refractivity contribution in [2.24, 2.45) is 12.8 Å². The summed E-state index contributed by atoms with van der Waals surface area (Å²) in [6.45, 7) is 1.93. The van der Waals surface area contributed by atoms with Crippen molar-refractivity contribution in [2.45, 2.75) is 25.8 Å². The van der Waals surface area contributed by atoms with Gasteiger partial charge in [0.15, 0.2) is 0 Å². The molecular formula is C9H18N3+. The summed E-state index contributed by atoms with van der Waals surface area (Å²) in [5.74, 6) is 0. The average molecular weight is 168 g/mol. The number of aromatic nitrogens is 2. The highest BCUT2D eigenvalue weighted by Crippen LogP contribution is 1.96. The number of rotatable bonds is 5. The molecule has 0 bridgehead atoms. The van der Waals surface area contributed by atoms with E-state index in [1.165, 1.54) is 12.8 Å². The second-order valence-corrected chi connectivity index (χ2v) is 3.17. The van der Waals surface area contributed by atoms with Crippen molar-refractivity contribution in [3.05, 3.63) is 18.7 Å². The Morgan fingerprint density at radius 2 is 2.17 bits per heavy atom. The normalized spacial score (nSPS) is 10.5. The lowest BCUT2D eigenvalue weighted by molar-refractivity contribution is -0.671. The number of hydrogen-bond acceptors (Lipinski definition) is 1. The molecule has 0 unspecified atom stereocenters. The molecule has 3 heteroatoms. The second-order valence-electron chi connectivity index (χ2n) is 3.17. The second kappa shape index (κ2) is 4.93. The Morgan fingerprint density at radius 3 is 2.75 bits per heavy atom. The summed E-state index contributed by atoms with van der Waals surface area (Å²) in [5.41, 5.74) is 5.40. The van der Waals surface area contributed by atoms with Gasteiger partial charge in [0, 0.05) is 0 Å². The molecule has 3 nitrogen and oxygen atoms in total. The molecule has 0 amide bonds. The SMILES string of the molecule is C[n+]1ccn(CCCCCN)c1. The van der Waals surface area contributed by atoms with Gasteiger partial charge in [-0.15, -0.1) is 0 Å². The van der Waals surface area contributed by atoms with Crippen LogP contribution < -0.4 is 10.3 Å². The molecule has 0 saturated carbocycles. The molecule has 0 saturated heterocycles. The van der Waals surface area contributed by atoms with Crippen LogP contribution in [0.25, 0.3) is 0 Å². The van der Waals surface area contributed by atoms with Gasteiger partial charge in [0.05, 0.1) is 13.6 Å². The van der Waals surface area contributed by atoms with Crippen molar-refractivity contribution >= 4 is 0 Å². The van der Waals surface area contributed by atoms with E-state index in [1.807, 2.05) is 7.05 Å². The smallest absolute Gasteiger partial charge is 0.243 e. The van der Waals surface area contributed by atoms with Gasteiger partial charge in [-0.2, -0.15) is 0 Å². The van der Waals surface area contributed by atoms with E-state index in [0.717, 1.165) is 19.5 Å². The van der Waals surface area contributed by atoms with Crippen molar-refractivity contribution in [1.29, 1.82) is 0 Å². The standard InChI is InChI=1S/C9H18N3/c1-11-7-8-12(9-11)6-4-2-3-5-10/h7-9H,2-6,10H2,1H3/q+1. The van der Waals surface area contributed by atoms with E-state index in [-0.39, 0.29) is 0 Å². The molecule has 1 heterocycles. The van der Waals surface area contributed by atoms with E-state index in [9.17, 15) is 0 Å². The van der Waals surface area contributed by atoms with Gasteiger partial charge in [0.2, 0.25) is 6.33 Å². The minimum absolute atomic E-state index is 0.819. The molecule has 0 radical (unpaired) electrons. The fraction of sp³-hybridized carbons (Fsp3) is 0.667. The number of aryl methyl sites for hydroxylation is 2. The predicted molar refractivity (Wildman–Crippen MR) is 48.5 cm³/mol. The van der Waals surface area contributed by atoms with Crippen LogP contribution in [0.2, 0.25) is 0 Å². The van der Waals surface area contributed by atoms with E-state index >= 15 is 0 Å². The van der Waals surface area contributed by atoms with Crippen LogP contribution in [0.4, 0.5) is 0 Å². The molecule has 0 spiro atoms. The van der Waals surface area contributed by atoms with Crippen LogP contribution in [0.1, 0.15) is 19.3 Å². The first-order valence-corrected chi connectivity index (χ1v) is 4.54. The van der Waals surface area contributed by atoms with Gasteiger partial charge < -0.3 is 5.73 Å². The van der Waals surface area contributed by atoms with Crippen molar-refractivity contribution in [2.75, 3.05) is 6.54 Å². The van der Waals surface area contributed by atoms with Crippen LogP contribution in [-0.2, 0) is 13.6 Å². The maximum absolute atomic E-state index is 5.40. The molecule has 12 heavy (non-hydrogen) atoms. The highest BCUT2D eigenvalue weighted by molar-refractivity contribution is 4.65. The molecule has 1 rings (SSSR count). The quantitative estimate of drug-likeness (QED) is 0.502. The number of nitrogens with two attached hydrogens (primary N) is 1. The van der Waals surface area contributed by atoms with E-state index in [0.29, 0.717) is 0 Å². The highest BCUT2D eigenvalue weighted by Gasteiger charge is 1.97. The third-order valence-corrected chi connectivity index (χ3v) is 1.94. The summed E-state index contributed by atoms with van der Waals surface area (Å²) in [6, 6.07) is 0. The average Bonchev–Trinajstić information content (AvgIpc) is 2.45. The molecule has 68 valence electrons. The molecule has 0 aliphatic heterocycles. The van der Waals surface area contributed by atoms with Crippen LogP contribution in [0.15, 0.2) is 18.7 Å². The van der Waals surface area contributed by atoms with E-state index in [4.69, 9.17) is 5.73 Å². The zero-order valence-electron chi connectivity index (χ0n) is 7.74. The monoisotopic (exact) mass is 168 g/mol. The fourth-order valence-electron chi connectivity index (χ4n) is 1.25. The minimum atomic E-state index is 0.819. The number of imidazole rings is 1. The summed E-state index contributed by atoms with van der Waals surface area (Å²) in [7, 11) is 2.04. The molecule has 0 atom stereocenters. The van der Waals surface area contributed by atoms with Crippen LogP contribution in [-0.4, -0.2) is 11.1 Å². The third-order valence-electron chi connectivity index (χ3n) is 1.94. The summed E-state index contributed by atoms with van der Waals surface area (Å²) >= 11 is 0. The number of hydrogen-bond donors (Lipinski definition) is 1. The lowest BCUT2D eigenvalue weighted by atomic mass is 10.2. The first-order chi connectivity index (χ1) is 5.83. The maximum atomic E-state index is 5.40. The van der Waals surface area contributed by atoms with Gasteiger partial charge in [0.25, 0.3) is 0 Å². The molecule has 2 N–H and O–H groups in total. The Balaban J connectivity index is 2.15. The molecule has 0 aliphatic carbocycles. The van der Waals surface area contributed by atoms with Crippen molar-refractivity contribution in [3.8, 4) is 0 Å². The summed E-state index contributed by atoms with van der Waals surface area (Å²) in [5, 5.41) is 0. The van der Waals surface area contributed by atoms with Gasteiger partial charge in [-0.3, -0.25) is 0 Å². The lowest BCUT2D eigenvalue weighted by Crippen LogP contribution is -2.23. The Hall–Kier alpha value is -0.830. The zero-order valence-corrected chi connectivity index (χ0v) is 7.74. The van der Waals surface area contributed by atoms with Crippen molar-refractivity contribution in [1.82, 2.24) is 4.57 Å². The molecule has 0 aliphatic rings. The minimum Gasteiger partial charge on any atom is -0.330 e. The largest absolute Gasteiger partial charge is 0.330 e. The van der Waals surface area contributed by atoms with E-state index in [2.05, 4.69) is 27.9 Å². The van der Waals surface area contributed by atoms with Gasteiger partial charge >= 0.3 is 0 Å². The molecular weight excluding hydrogens is 150 g/mol. The Bertz CT molecular complexity index is 217. The molecule has 0 fully saturated rings. The number of nitrogens with zero attached hydrogens (tertiary/aromatic N) is 2. The summed E-state index contributed by atoms with van der Waals surface area (Å²) in [4.78, 5) is 0. The third kappa shape index (κ3) is 3.05.